The van der Waals surface area contributed by atoms with Gasteiger partial charge in [0.1, 0.15) is 16.5 Å². The third-order valence-corrected chi connectivity index (χ3v) is 3.67. The van der Waals surface area contributed by atoms with Crippen molar-refractivity contribution in [2.75, 3.05) is 12.4 Å². The van der Waals surface area contributed by atoms with Crippen LogP contribution in [-0.2, 0) is 0 Å². The summed E-state index contributed by atoms with van der Waals surface area (Å²) in [7, 11) is 1.55. The van der Waals surface area contributed by atoms with Gasteiger partial charge in [0.2, 0.25) is 0 Å². The van der Waals surface area contributed by atoms with Crippen molar-refractivity contribution < 1.29 is 9.84 Å². The van der Waals surface area contributed by atoms with Crippen molar-refractivity contribution in [2.45, 2.75) is 0 Å². The van der Waals surface area contributed by atoms with Gasteiger partial charge < -0.3 is 15.2 Å². The zero-order valence-electron chi connectivity index (χ0n) is 10.5. The van der Waals surface area contributed by atoms with Gasteiger partial charge in [0, 0.05) is 9.50 Å². The summed E-state index contributed by atoms with van der Waals surface area (Å²) in [5.74, 6) is 0.688. The Morgan fingerprint density at radius 2 is 2.05 bits per heavy atom. The largest absolute Gasteiger partial charge is 0.506 e. The van der Waals surface area contributed by atoms with Gasteiger partial charge in [-0.25, -0.2) is 0 Å². The SMILES string of the molecule is COc1cc(Cl)ccc1C(=S)Nc1cc(Br)ccc1O. The lowest BCUT2D eigenvalue weighted by Gasteiger charge is -2.13. The molecule has 104 valence electrons. The summed E-state index contributed by atoms with van der Waals surface area (Å²) in [4.78, 5) is 0.437. The van der Waals surface area contributed by atoms with E-state index in [-0.39, 0.29) is 5.75 Å². The molecule has 0 spiro atoms. The van der Waals surface area contributed by atoms with E-state index in [0.717, 1.165) is 4.47 Å². The van der Waals surface area contributed by atoms with Gasteiger partial charge >= 0.3 is 0 Å². The van der Waals surface area contributed by atoms with Crippen LogP contribution >= 0.6 is 39.7 Å². The van der Waals surface area contributed by atoms with Crippen molar-refractivity contribution in [3.63, 3.8) is 0 Å². The second-order valence-electron chi connectivity index (χ2n) is 3.96. The van der Waals surface area contributed by atoms with Crippen molar-refractivity contribution in [1.29, 1.82) is 0 Å². The number of hydrogen-bond donors (Lipinski definition) is 2. The molecule has 0 amide bonds. The molecule has 0 fully saturated rings. The first-order chi connectivity index (χ1) is 9.51. The van der Waals surface area contributed by atoms with Crippen molar-refractivity contribution >= 4 is 50.4 Å². The fraction of sp³-hybridized carbons (Fsp3) is 0.0714. The molecular weight excluding hydrogens is 362 g/mol. The molecule has 0 unspecified atom stereocenters. The Balaban J connectivity index is 2.30. The van der Waals surface area contributed by atoms with E-state index in [1.54, 1.807) is 43.5 Å². The molecule has 0 aliphatic rings. The number of ether oxygens (including phenoxy) is 1. The number of phenolic OH excluding ortho intramolecular Hbond substituents is 1. The van der Waals surface area contributed by atoms with Crippen molar-refractivity contribution in [1.82, 2.24) is 0 Å². The number of hydrogen-bond acceptors (Lipinski definition) is 3. The Morgan fingerprint density at radius 1 is 1.30 bits per heavy atom. The lowest BCUT2D eigenvalue weighted by Crippen LogP contribution is -2.12. The number of rotatable bonds is 3. The highest BCUT2D eigenvalue weighted by atomic mass is 79.9. The standard InChI is InChI=1S/C14H11BrClNO2S/c1-19-13-7-9(16)3-4-10(13)14(20)17-11-6-8(15)2-5-12(11)18/h2-7,18H,1H3,(H,17,20). The summed E-state index contributed by atoms with van der Waals surface area (Å²) >= 11 is 14.6. The fourth-order valence-electron chi connectivity index (χ4n) is 1.65. The first kappa shape index (κ1) is 15.1. The van der Waals surface area contributed by atoms with E-state index in [9.17, 15) is 5.11 Å². The van der Waals surface area contributed by atoms with Gasteiger partial charge in [-0.15, -0.1) is 0 Å². The smallest absolute Gasteiger partial charge is 0.139 e. The van der Waals surface area contributed by atoms with E-state index in [0.29, 0.717) is 27.0 Å². The first-order valence-corrected chi connectivity index (χ1v) is 7.22. The van der Waals surface area contributed by atoms with E-state index >= 15 is 0 Å². The Hall–Kier alpha value is -1.30. The molecule has 6 heteroatoms. The van der Waals surface area contributed by atoms with Crippen LogP contribution in [0, 0.1) is 0 Å². The summed E-state index contributed by atoms with van der Waals surface area (Å²) in [6.45, 7) is 0. The number of phenols is 1. The minimum atomic E-state index is 0.114. The second-order valence-corrected chi connectivity index (χ2v) is 5.72. The van der Waals surface area contributed by atoms with Crippen LogP contribution in [0.3, 0.4) is 0 Å². The van der Waals surface area contributed by atoms with Crippen LogP contribution in [0.4, 0.5) is 5.69 Å². The highest BCUT2D eigenvalue weighted by molar-refractivity contribution is 9.10. The molecule has 0 aliphatic carbocycles. The van der Waals surface area contributed by atoms with Crippen LogP contribution in [-0.4, -0.2) is 17.2 Å². The Kier molecular flexibility index (Phi) is 4.86. The molecular formula is C14H11BrClNO2S. The third kappa shape index (κ3) is 3.42. The summed E-state index contributed by atoms with van der Waals surface area (Å²) < 4.78 is 6.09. The molecule has 0 bridgehead atoms. The quantitative estimate of drug-likeness (QED) is 0.610. The van der Waals surface area contributed by atoms with E-state index < -0.39 is 0 Å². The number of methoxy groups -OCH3 is 1. The molecule has 2 aromatic carbocycles. The van der Waals surface area contributed by atoms with E-state index in [1.165, 1.54) is 0 Å². The van der Waals surface area contributed by atoms with Gasteiger partial charge in [-0.1, -0.05) is 39.7 Å². The molecule has 0 radical (unpaired) electrons. The topological polar surface area (TPSA) is 41.5 Å². The highest BCUT2D eigenvalue weighted by Gasteiger charge is 2.11. The molecule has 2 N–H and O–H groups in total. The van der Waals surface area contributed by atoms with Crippen LogP contribution in [0.1, 0.15) is 5.56 Å². The monoisotopic (exact) mass is 371 g/mol. The number of halogens is 2. The molecule has 0 saturated carbocycles. The molecule has 3 nitrogen and oxygen atoms in total. The predicted octanol–water partition coefficient (Wildman–Crippen LogP) is 4.60. The van der Waals surface area contributed by atoms with Crippen molar-refractivity contribution in [3.05, 3.63) is 51.5 Å². The van der Waals surface area contributed by atoms with E-state index in [4.69, 9.17) is 28.6 Å². The average Bonchev–Trinajstić information content (AvgIpc) is 2.42. The zero-order valence-corrected chi connectivity index (χ0v) is 13.6. The molecule has 20 heavy (non-hydrogen) atoms. The summed E-state index contributed by atoms with van der Waals surface area (Å²) in [5.41, 5.74) is 1.22. The van der Waals surface area contributed by atoms with Crippen LogP contribution in [0.25, 0.3) is 0 Å². The second kappa shape index (κ2) is 6.43. The predicted molar refractivity (Wildman–Crippen MR) is 89.1 cm³/mol. The number of anilines is 1. The van der Waals surface area contributed by atoms with Gasteiger partial charge in [0.15, 0.2) is 0 Å². The fourth-order valence-corrected chi connectivity index (χ4v) is 2.45. The van der Waals surface area contributed by atoms with Gasteiger partial charge in [0.25, 0.3) is 0 Å². The molecule has 0 saturated heterocycles. The highest BCUT2D eigenvalue weighted by Crippen LogP contribution is 2.29. The summed E-state index contributed by atoms with van der Waals surface area (Å²) in [6, 6.07) is 10.2. The normalized spacial score (nSPS) is 10.2. The lowest BCUT2D eigenvalue weighted by molar-refractivity contribution is 0.414. The van der Waals surface area contributed by atoms with Crippen LogP contribution < -0.4 is 10.1 Å². The average molecular weight is 373 g/mol. The minimum Gasteiger partial charge on any atom is -0.506 e. The molecule has 0 heterocycles. The van der Waals surface area contributed by atoms with Crippen LogP contribution in [0.2, 0.25) is 5.02 Å². The van der Waals surface area contributed by atoms with Gasteiger partial charge in [-0.05, 0) is 36.4 Å². The van der Waals surface area contributed by atoms with Crippen molar-refractivity contribution in [2.24, 2.45) is 0 Å². The maximum absolute atomic E-state index is 9.81. The summed E-state index contributed by atoms with van der Waals surface area (Å²) in [5, 5.41) is 13.4. The Bertz CT molecular complexity index is 664. The maximum Gasteiger partial charge on any atom is 0.139 e. The lowest BCUT2D eigenvalue weighted by atomic mass is 10.2. The zero-order chi connectivity index (χ0) is 14.7. The van der Waals surface area contributed by atoms with E-state index in [2.05, 4.69) is 21.2 Å². The molecule has 0 aromatic heterocycles. The third-order valence-electron chi connectivity index (χ3n) is 2.61. The molecule has 2 rings (SSSR count). The Labute approximate surface area is 135 Å². The van der Waals surface area contributed by atoms with Crippen molar-refractivity contribution in [3.8, 4) is 11.5 Å². The number of aromatic hydroxyl groups is 1. The van der Waals surface area contributed by atoms with Gasteiger partial charge in [-0.2, -0.15) is 0 Å². The number of benzene rings is 2. The summed E-state index contributed by atoms with van der Waals surface area (Å²) in [6.07, 6.45) is 0. The van der Waals surface area contributed by atoms with Crippen LogP contribution in [0.15, 0.2) is 40.9 Å². The number of nitrogens with one attached hydrogen (secondary N) is 1. The first-order valence-electron chi connectivity index (χ1n) is 5.64. The number of thiocarbonyl (C=S) groups is 1. The minimum absolute atomic E-state index is 0.114. The molecule has 0 aliphatic heterocycles. The van der Waals surface area contributed by atoms with E-state index in [1.807, 2.05) is 0 Å². The van der Waals surface area contributed by atoms with Gasteiger partial charge in [0.05, 0.1) is 18.4 Å². The van der Waals surface area contributed by atoms with Gasteiger partial charge in [-0.3, -0.25) is 0 Å². The molecule has 2 aromatic rings. The molecule has 0 atom stereocenters. The van der Waals surface area contributed by atoms with Crippen LogP contribution in [0.5, 0.6) is 11.5 Å². The maximum atomic E-state index is 9.81. The Morgan fingerprint density at radius 3 is 2.75 bits per heavy atom.